The van der Waals surface area contributed by atoms with Gasteiger partial charge in [0.05, 0.1) is 31.3 Å². The molecule has 1 saturated carbocycles. The Labute approximate surface area is 329 Å². The van der Waals surface area contributed by atoms with E-state index in [1.165, 1.54) is 51.0 Å². The largest absolute Gasteiger partial charge is 0.472 e. The molecule has 0 saturated heterocycles. The average molecular weight is 804 g/mol. The number of rotatable bonds is 32. The minimum atomic E-state index is -5.15. The third-order valence-electron chi connectivity index (χ3n) is 9.61. The molecule has 13 nitrogen and oxygen atoms in total. The van der Waals surface area contributed by atoms with E-state index in [9.17, 15) is 50.0 Å². The molecule has 1 rings (SSSR count). The molecule has 55 heavy (non-hydrogen) atoms. The summed E-state index contributed by atoms with van der Waals surface area (Å²) in [5, 5.41) is 74.0. The van der Waals surface area contributed by atoms with Crippen molar-refractivity contribution >= 4 is 13.7 Å². The van der Waals surface area contributed by atoms with Crippen molar-refractivity contribution in [3.05, 3.63) is 48.6 Å². The monoisotopic (exact) mass is 803 g/mol. The Kier molecular flexibility index (Phi) is 29.2. The summed E-state index contributed by atoms with van der Waals surface area (Å²) in [5.41, 5.74) is 0. The molecule has 320 valence electrons. The Hall–Kier alpha value is -1.74. The quantitative estimate of drug-likeness (QED) is 0.0231. The summed E-state index contributed by atoms with van der Waals surface area (Å²) in [4.78, 5) is 23.3. The molecule has 1 aliphatic carbocycles. The number of aliphatic hydroxyl groups excluding tert-OH is 7. The Balaban J connectivity index is 2.67. The van der Waals surface area contributed by atoms with E-state index in [2.05, 4.69) is 49.5 Å². The van der Waals surface area contributed by atoms with Crippen LogP contribution in [0.4, 0.5) is 0 Å². The van der Waals surface area contributed by atoms with Crippen LogP contribution in [0.5, 0.6) is 0 Å². The van der Waals surface area contributed by atoms with E-state index in [0.29, 0.717) is 25.7 Å². The molecule has 0 bridgehead atoms. The number of hydrogen-bond donors (Lipinski definition) is 9. The molecule has 9 N–H and O–H groups in total. The normalized spacial score (nSPS) is 24.9. The fourth-order valence-corrected chi connectivity index (χ4v) is 7.10. The van der Waals surface area contributed by atoms with Crippen molar-refractivity contribution in [2.45, 2.75) is 197 Å². The van der Waals surface area contributed by atoms with E-state index in [1.807, 2.05) is 6.08 Å². The lowest BCUT2D eigenvalue weighted by Gasteiger charge is -2.41. The number of phosphoric acid groups is 1. The standard InChI is InChI=1S/C41H74NO12P/c1-3-5-7-9-11-13-14-15-16-17-18-19-20-21-23-25-27-29-34(44)33(42-35(45)30-32(43)28-26-24-22-12-10-8-6-4-2)31-53-55(51,52)54-41-39(49)37(47)36(46)38(48)40(41)50/h10,12,16-17,20-21,27,29,32-34,36-41,43-44,46-50H,3-9,11,13-15,18-19,22-26,28,30-31H2,1-2H3,(H,42,45)(H,51,52)/b12-10-,17-16+,21-20+,29-27+. The molecular weight excluding hydrogens is 729 g/mol. The van der Waals surface area contributed by atoms with Crippen LogP contribution in [0.3, 0.4) is 0 Å². The summed E-state index contributed by atoms with van der Waals surface area (Å²) in [6, 6.07) is -1.27. The predicted octanol–water partition coefficient (Wildman–Crippen LogP) is 5.58. The molecule has 1 amide bonds. The van der Waals surface area contributed by atoms with Gasteiger partial charge in [-0.05, 0) is 64.2 Å². The van der Waals surface area contributed by atoms with Crippen molar-refractivity contribution in [2.24, 2.45) is 0 Å². The predicted molar refractivity (Wildman–Crippen MR) is 215 cm³/mol. The minimum Gasteiger partial charge on any atom is -0.393 e. The van der Waals surface area contributed by atoms with Gasteiger partial charge >= 0.3 is 7.82 Å². The molecule has 1 aliphatic rings. The first kappa shape index (κ1) is 51.3. The zero-order chi connectivity index (χ0) is 40.9. The smallest absolute Gasteiger partial charge is 0.393 e. The molecule has 1 fully saturated rings. The number of carbonyl (C=O) groups is 1. The van der Waals surface area contributed by atoms with Gasteiger partial charge in [0.15, 0.2) is 0 Å². The second-order valence-electron chi connectivity index (χ2n) is 14.6. The summed E-state index contributed by atoms with van der Waals surface area (Å²) in [6.45, 7) is 3.61. The molecular formula is C41H74NO12P. The van der Waals surface area contributed by atoms with Crippen LogP contribution in [0, 0.1) is 0 Å². The number of nitrogens with one attached hydrogen (secondary N) is 1. The van der Waals surface area contributed by atoms with Crippen molar-refractivity contribution < 1.29 is 59.0 Å². The number of hydrogen-bond acceptors (Lipinski definition) is 11. The van der Waals surface area contributed by atoms with Crippen LogP contribution < -0.4 is 5.32 Å². The van der Waals surface area contributed by atoms with Crippen molar-refractivity contribution in [1.29, 1.82) is 0 Å². The van der Waals surface area contributed by atoms with E-state index in [4.69, 9.17) is 9.05 Å². The maximum atomic E-state index is 12.9. The van der Waals surface area contributed by atoms with Crippen LogP contribution in [-0.4, -0.2) is 108 Å². The van der Waals surface area contributed by atoms with Crippen LogP contribution >= 0.6 is 7.82 Å². The number of amides is 1. The first-order valence-electron chi connectivity index (χ1n) is 20.7. The van der Waals surface area contributed by atoms with Gasteiger partial charge in [0.1, 0.15) is 36.6 Å². The molecule has 0 aromatic carbocycles. The van der Waals surface area contributed by atoms with Crippen molar-refractivity contribution in [3.8, 4) is 0 Å². The summed E-state index contributed by atoms with van der Waals surface area (Å²) in [6.07, 6.45) is 20.9. The number of carbonyl (C=O) groups excluding carboxylic acids is 1. The second-order valence-corrected chi connectivity index (χ2v) is 16.0. The zero-order valence-corrected chi connectivity index (χ0v) is 34.2. The summed E-state index contributed by atoms with van der Waals surface area (Å²) >= 11 is 0. The van der Waals surface area contributed by atoms with Crippen LogP contribution in [0.25, 0.3) is 0 Å². The van der Waals surface area contributed by atoms with E-state index in [1.54, 1.807) is 6.08 Å². The molecule has 0 aromatic rings. The third kappa shape index (κ3) is 23.9. The number of unbranched alkanes of at least 4 members (excludes halogenated alkanes) is 13. The van der Waals surface area contributed by atoms with Crippen LogP contribution in [-0.2, 0) is 18.4 Å². The Bertz CT molecular complexity index is 1130. The molecule has 8 atom stereocenters. The van der Waals surface area contributed by atoms with Crippen molar-refractivity contribution in [2.75, 3.05) is 6.61 Å². The van der Waals surface area contributed by atoms with Gasteiger partial charge in [0.2, 0.25) is 5.91 Å². The lowest BCUT2D eigenvalue weighted by molar-refractivity contribution is -0.220. The first-order valence-corrected chi connectivity index (χ1v) is 22.2. The highest BCUT2D eigenvalue weighted by Crippen LogP contribution is 2.47. The van der Waals surface area contributed by atoms with Gasteiger partial charge in [-0.1, -0.05) is 120 Å². The third-order valence-corrected chi connectivity index (χ3v) is 10.6. The molecule has 8 unspecified atom stereocenters. The first-order chi connectivity index (χ1) is 26.3. The zero-order valence-electron chi connectivity index (χ0n) is 33.3. The van der Waals surface area contributed by atoms with Crippen LogP contribution in [0.1, 0.15) is 142 Å². The Morgan fingerprint density at radius 1 is 0.636 bits per heavy atom. The highest BCUT2D eigenvalue weighted by molar-refractivity contribution is 7.47. The maximum absolute atomic E-state index is 12.9. The van der Waals surface area contributed by atoms with Gasteiger partial charge in [-0.3, -0.25) is 13.8 Å². The fourth-order valence-electron chi connectivity index (χ4n) is 6.13. The lowest BCUT2D eigenvalue weighted by Crippen LogP contribution is -2.64. The van der Waals surface area contributed by atoms with Gasteiger partial charge in [-0.2, -0.15) is 0 Å². The molecule has 14 heteroatoms. The SMILES string of the molecule is CCCC/C=C\CCCCC(O)CC(=O)NC(COP(=O)(O)OC1C(O)C(O)C(O)C(O)C1O)C(O)/C=C/CC/C=C/CC/C=C/CCCCCCCCC. The maximum Gasteiger partial charge on any atom is 0.472 e. The molecule has 0 heterocycles. The molecule has 0 aliphatic heterocycles. The molecule has 0 radical (unpaired) electrons. The van der Waals surface area contributed by atoms with Crippen molar-refractivity contribution in [3.63, 3.8) is 0 Å². The Morgan fingerprint density at radius 2 is 1.09 bits per heavy atom. The number of aliphatic hydroxyl groups is 7. The minimum absolute atomic E-state index is 0.274. The van der Waals surface area contributed by atoms with Crippen LogP contribution in [0.2, 0.25) is 0 Å². The van der Waals surface area contributed by atoms with Gasteiger partial charge in [0, 0.05) is 0 Å². The summed E-state index contributed by atoms with van der Waals surface area (Å²) < 4.78 is 22.7. The average Bonchev–Trinajstić information content (AvgIpc) is 3.15. The fraction of sp³-hybridized carbons (Fsp3) is 0.780. The number of allylic oxidation sites excluding steroid dienone is 7. The lowest BCUT2D eigenvalue weighted by atomic mass is 9.85. The Morgan fingerprint density at radius 3 is 1.65 bits per heavy atom. The molecule has 0 spiro atoms. The van der Waals surface area contributed by atoms with Gasteiger partial charge < -0.3 is 46.0 Å². The molecule has 0 aromatic heterocycles. The van der Waals surface area contributed by atoms with E-state index >= 15 is 0 Å². The van der Waals surface area contributed by atoms with Gasteiger partial charge in [0.25, 0.3) is 0 Å². The van der Waals surface area contributed by atoms with Gasteiger partial charge in [-0.15, -0.1) is 0 Å². The van der Waals surface area contributed by atoms with Crippen molar-refractivity contribution in [1.82, 2.24) is 5.32 Å². The van der Waals surface area contributed by atoms with Gasteiger partial charge in [-0.25, -0.2) is 4.57 Å². The topological polar surface area (TPSA) is 226 Å². The summed E-state index contributed by atoms with van der Waals surface area (Å²) in [7, 11) is -5.15. The van der Waals surface area contributed by atoms with E-state index < -0.39 is 75.2 Å². The highest BCUT2D eigenvalue weighted by atomic mass is 31.2. The second kappa shape index (κ2) is 31.3. The number of phosphoric ester groups is 1. The highest BCUT2D eigenvalue weighted by Gasteiger charge is 2.51. The van der Waals surface area contributed by atoms with Crippen LogP contribution in [0.15, 0.2) is 48.6 Å². The van der Waals surface area contributed by atoms with E-state index in [0.717, 1.165) is 51.4 Å². The summed E-state index contributed by atoms with van der Waals surface area (Å²) in [5.74, 6) is -0.626. The van der Waals surface area contributed by atoms with E-state index in [-0.39, 0.29) is 6.42 Å².